The van der Waals surface area contributed by atoms with Crippen molar-refractivity contribution in [3.63, 3.8) is 0 Å². The van der Waals surface area contributed by atoms with Crippen LogP contribution in [0.1, 0.15) is 30.1 Å². The fourth-order valence-electron chi connectivity index (χ4n) is 2.49. The lowest BCUT2D eigenvalue weighted by Crippen LogP contribution is -2.40. The van der Waals surface area contributed by atoms with Crippen molar-refractivity contribution in [1.29, 1.82) is 0 Å². The Morgan fingerprint density at radius 2 is 2.00 bits per heavy atom. The summed E-state index contributed by atoms with van der Waals surface area (Å²) in [4.78, 5) is 14.3. The van der Waals surface area contributed by atoms with E-state index in [9.17, 15) is 4.79 Å². The molecule has 2 rings (SSSR count). The quantitative estimate of drug-likeness (QED) is 0.925. The molecule has 1 saturated heterocycles. The van der Waals surface area contributed by atoms with Crippen LogP contribution in [-0.2, 0) is 0 Å². The largest absolute Gasteiger partial charge is 0.339 e. The van der Waals surface area contributed by atoms with Crippen molar-refractivity contribution in [2.75, 3.05) is 26.2 Å². The van der Waals surface area contributed by atoms with Crippen molar-refractivity contribution in [1.82, 2.24) is 10.2 Å². The smallest absolute Gasteiger partial charge is 0.255 e. The van der Waals surface area contributed by atoms with Crippen LogP contribution in [-0.4, -0.2) is 37.0 Å². The van der Waals surface area contributed by atoms with Gasteiger partial charge in [-0.15, -0.1) is 12.4 Å². The highest BCUT2D eigenvalue weighted by atomic mass is 35.5. The van der Waals surface area contributed by atoms with Crippen molar-refractivity contribution in [3.8, 4) is 0 Å². The first-order valence-electron chi connectivity index (χ1n) is 6.97. The first-order chi connectivity index (χ1) is 9.22. The van der Waals surface area contributed by atoms with E-state index in [0.717, 1.165) is 39.0 Å². The van der Waals surface area contributed by atoms with E-state index in [-0.39, 0.29) is 18.3 Å². The third-order valence-electron chi connectivity index (χ3n) is 3.69. The van der Waals surface area contributed by atoms with E-state index in [1.165, 1.54) is 0 Å². The average Bonchev–Trinajstić information content (AvgIpc) is 2.45. The molecule has 1 aliphatic rings. The minimum Gasteiger partial charge on any atom is -0.339 e. The highest BCUT2D eigenvalue weighted by Gasteiger charge is 2.24. The molecule has 0 saturated carbocycles. The number of piperidine rings is 1. The van der Waals surface area contributed by atoms with E-state index in [0.29, 0.717) is 16.5 Å². The molecule has 0 radical (unpaired) electrons. The molecular formula is C15H22Cl2N2O. The normalized spacial score (nSPS) is 15.8. The molecule has 1 amide bonds. The van der Waals surface area contributed by atoms with E-state index in [1.54, 1.807) is 12.1 Å². The summed E-state index contributed by atoms with van der Waals surface area (Å²) >= 11 is 6.08. The third kappa shape index (κ3) is 4.37. The van der Waals surface area contributed by atoms with Gasteiger partial charge in [-0.3, -0.25) is 4.79 Å². The Hall–Kier alpha value is -0.770. The van der Waals surface area contributed by atoms with Gasteiger partial charge in [-0.1, -0.05) is 30.7 Å². The summed E-state index contributed by atoms with van der Waals surface area (Å²) in [6, 6.07) is 7.28. The van der Waals surface area contributed by atoms with Crippen LogP contribution in [0.15, 0.2) is 24.3 Å². The van der Waals surface area contributed by atoms with Crippen LogP contribution in [0.3, 0.4) is 0 Å². The maximum atomic E-state index is 12.4. The topological polar surface area (TPSA) is 32.3 Å². The van der Waals surface area contributed by atoms with Gasteiger partial charge in [-0.25, -0.2) is 0 Å². The number of rotatable bonds is 4. The second-order valence-corrected chi connectivity index (χ2v) is 5.43. The van der Waals surface area contributed by atoms with Crippen molar-refractivity contribution in [2.24, 2.45) is 5.92 Å². The summed E-state index contributed by atoms with van der Waals surface area (Å²) in [6.45, 7) is 5.86. The number of likely N-dealkylation sites (tertiary alicyclic amines) is 1. The lowest BCUT2D eigenvalue weighted by Gasteiger charge is -2.32. The fourth-order valence-corrected chi connectivity index (χ4v) is 2.71. The number of benzene rings is 1. The summed E-state index contributed by atoms with van der Waals surface area (Å²) in [5.41, 5.74) is 0.620. The zero-order chi connectivity index (χ0) is 13.7. The Morgan fingerprint density at radius 3 is 2.60 bits per heavy atom. The predicted octanol–water partition coefficient (Wildman–Crippen LogP) is 3.22. The van der Waals surface area contributed by atoms with Crippen molar-refractivity contribution in [2.45, 2.75) is 19.8 Å². The molecule has 3 nitrogen and oxygen atoms in total. The number of carbonyl (C=O) groups is 1. The Balaban J connectivity index is 0.00000200. The van der Waals surface area contributed by atoms with Crippen LogP contribution in [0.2, 0.25) is 5.02 Å². The minimum atomic E-state index is 0. The van der Waals surface area contributed by atoms with Crippen LogP contribution >= 0.6 is 24.0 Å². The Bertz CT molecular complexity index is 432. The molecule has 0 aliphatic carbocycles. The van der Waals surface area contributed by atoms with E-state index in [4.69, 9.17) is 11.6 Å². The van der Waals surface area contributed by atoms with Crippen LogP contribution in [0.5, 0.6) is 0 Å². The first-order valence-corrected chi connectivity index (χ1v) is 7.34. The SMILES string of the molecule is CCNCC1CCN(C(=O)c2ccccc2Cl)CC1.Cl. The van der Waals surface area contributed by atoms with Gasteiger partial charge in [0.2, 0.25) is 0 Å². The van der Waals surface area contributed by atoms with Gasteiger partial charge in [-0.05, 0) is 44.0 Å². The molecule has 20 heavy (non-hydrogen) atoms. The Morgan fingerprint density at radius 1 is 1.35 bits per heavy atom. The van der Waals surface area contributed by atoms with Crippen LogP contribution in [0.25, 0.3) is 0 Å². The second-order valence-electron chi connectivity index (χ2n) is 5.02. The molecule has 0 bridgehead atoms. The van der Waals surface area contributed by atoms with Crippen LogP contribution in [0.4, 0.5) is 0 Å². The summed E-state index contributed by atoms with van der Waals surface area (Å²) in [6.07, 6.45) is 2.15. The van der Waals surface area contributed by atoms with Crippen LogP contribution in [0, 0.1) is 5.92 Å². The highest BCUT2D eigenvalue weighted by molar-refractivity contribution is 6.33. The molecule has 1 N–H and O–H groups in total. The van der Waals surface area contributed by atoms with Gasteiger partial charge in [0, 0.05) is 13.1 Å². The molecule has 1 fully saturated rings. The monoisotopic (exact) mass is 316 g/mol. The van der Waals surface area contributed by atoms with Gasteiger partial charge in [-0.2, -0.15) is 0 Å². The Kier molecular flexibility index (Phi) is 7.35. The third-order valence-corrected chi connectivity index (χ3v) is 4.02. The number of halogens is 2. The van der Waals surface area contributed by atoms with E-state index < -0.39 is 0 Å². The fraction of sp³-hybridized carbons (Fsp3) is 0.533. The molecule has 5 heteroatoms. The number of carbonyl (C=O) groups excluding carboxylic acids is 1. The van der Waals surface area contributed by atoms with E-state index >= 15 is 0 Å². The lowest BCUT2D eigenvalue weighted by atomic mass is 9.96. The van der Waals surface area contributed by atoms with Gasteiger partial charge in [0.05, 0.1) is 10.6 Å². The highest BCUT2D eigenvalue weighted by Crippen LogP contribution is 2.21. The number of amides is 1. The van der Waals surface area contributed by atoms with Gasteiger partial charge in [0.25, 0.3) is 5.91 Å². The first kappa shape index (κ1) is 17.3. The molecule has 0 spiro atoms. The lowest BCUT2D eigenvalue weighted by molar-refractivity contribution is 0.0690. The zero-order valence-electron chi connectivity index (χ0n) is 11.8. The molecule has 1 aromatic rings. The van der Waals surface area contributed by atoms with E-state index in [1.807, 2.05) is 17.0 Å². The molecular weight excluding hydrogens is 295 g/mol. The standard InChI is InChI=1S/C15H21ClN2O.ClH/c1-2-17-11-12-7-9-18(10-8-12)15(19)13-5-3-4-6-14(13)16;/h3-6,12,17H,2,7-11H2,1H3;1H. The molecule has 0 atom stereocenters. The predicted molar refractivity (Wildman–Crippen MR) is 85.9 cm³/mol. The molecule has 112 valence electrons. The average molecular weight is 317 g/mol. The van der Waals surface area contributed by atoms with E-state index in [2.05, 4.69) is 12.2 Å². The van der Waals surface area contributed by atoms with Crippen molar-refractivity contribution < 1.29 is 4.79 Å². The molecule has 0 aromatic heterocycles. The van der Waals surface area contributed by atoms with Crippen LogP contribution < -0.4 is 5.32 Å². The van der Waals surface area contributed by atoms with Gasteiger partial charge >= 0.3 is 0 Å². The van der Waals surface area contributed by atoms with Crippen molar-refractivity contribution >= 4 is 29.9 Å². The number of nitrogens with one attached hydrogen (secondary N) is 1. The summed E-state index contributed by atoms with van der Waals surface area (Å²) in [7, 11) is 0. The summed E-state index contributed by atoms with van der Waals surface area (Å²) < 4.78 is 0. The van der Waals surface area contributed by atoms with Gasteiger partial charge < -0.3 is 10.2 Å². The minimum absolute atomic E-state index is 0. The Labute approximate surface area is 132 Å². The second kappa shape index (κ2) is 8.50. The zero-order valence-corrected chi connectivity index (χ0v) is 13.3. The molecule has 1 aliphatic heterocycles. The summed E-state index contributed by atoms with van der Waals surface area (Å²) in [5, 5.41) is 3.92. The molecule has 0 unspecified atom stereocenters. The van der Waals surface area contributed by atoms with Crippen molar-refractivity contribution in [3.05, 3.63) is 34.9 Å². The number of hydrogen-bond acceptors (Lipinski definition) is 2. The van der Waals surface area contributed by atoms with Gasteiger partial charge in [0.15, 0.2) is 0 Å². The summed E-state index contributed by atoms with van der Waals surface area (Å²) in [5.74, 6) is 0.753. The van der Waals surface area contributed by atoms with Gasteiger partial charge in [0.1, 0.15) is 0 Å². The number of hydrogen-bond donors (Lipinski definition) is 1. The number of nitrogens with zero attached hydrogens (tertiary/aromatic N) is 1. The molecule has 1 heterocycles. The maximum Gasteiger partial charge on any atom is 0.255 e. The maximum absolute atomic E-state index is 12.4. The molecule has 1 aromatic carbocycles.